The summed E-state index contributed by atoms with van der Waals surface area (Å²) in [5.74, 6) is 0.766. The minimum absolute atomic E-state index is 0.0772. The number of hydrogen-bond acceptors (Lipinski definition) is 10. The van der Waals surface area contributed by atoms with Crippen LogP contribution < -0.4 is 14.9 Å². The number of methoxy groups -OCH3 is 1. The van der Waals surface area contributed by atoms with Crippen LogP contribution in [0.2, 0.25) is 0 Å². The Bertz CT molecular complexity index is 2410. The van der Waals surface area contributed by atoms with Gasteiger partial charge < -0.3 is 15.0 Å². The SMILES string of the molecule is CC[C@@H](CSc1ccccc1)Nc1ccc(S(=O)(=O)Nc2ncnc3cc(N4CCC(Cc5ccccc5-c5ccccc5)(OC)CC4)ccc23)cc1[N+](=O)[O-]. The number of aromatic nitrogens is 2. The minimum Gasteiger partial charge on any atom is -0.378 e. The van der Waals surface area contributed by atoms with E-state index in [9.17, 15) is 18.5 Å². The molecule has 1 aliphatic heterocycles. The summed E-state index contributed by atoms with van der Waals surface area (Å²) in [5.41, 5.74) is 4.81. The van der Waals surface area contributed by atoms with Crippen LogP contribution in [0.4, 0.5) is 22.9 Å². The average molecular weight is 789 g/mol. The summed E-state index contributed by atoms with van der Waals surface area (Å²) >= 11 is 1.65. The number of anilines is 3. The molecule has 1 atom stereocenters. The van der Waals surface area contributed by atoms with E-state index >= 15 is 0 Å². The molecule has 11 nitrogen and oxygen atoms in total. The number of hydrogen-bond donors (Lipinski definition) is 2. The van der Waals surface area contributed by atoms with E-state index in [0.717, 1.165) is 55.4 Å². The Hall–Kier alpha value is -5.50. The lowest BCUT2D eigenvalue weighted by molar-refractivity contribution is -0.384. The number of benzene rings is 5. The maximum Gasteiger partial charge on any atom is 0.293 e. The highest BCUT2D eigenvalue weighted by Crippen LogP contribution is 2.37. The van der Waals surface area contributed by atoms with Gasteiger partial charge in [0.2, 0.25) is 0 Å². The molecule has 1 saturated heterocycles. The highest BCUT2D eigenvalue weighted by Gasteiger charge is 2.36. The molecule has 7 rings (SSSR count). The van der Waals surface area contributed by atoms with Crippen LogP contribution in [0.1, 0.15) is 31.7 Å². The fourth-order valence-electron chi connectivity index (χ4n) is 7.20. The number of piperidine rings is 1. The van der Waals surface area contributed by atoms with Gasteiger partial charge in [0.15, 0.2) is 5.82 Å². The van der Waals surface area contributed by atoms with E-state index in [2.05, 4.69) is 73.4 Å². The van der Waals surface area contributed by atoms with Crippen molar-refractivity contribution in [3.63, 3.8) is 0 Å². The van der Waals surface area contributed by atoms with Crippen LogP contribution in [0, 0.1) is 10.1 Å². The Labute approximate surface area is 331 Å². The van der Waals surface area contributed by atoms with Gasteiger partial charge in [-0.25, -0.2) is 18.4 Å². The first-order valence-electron chi connectivity index (χ1n) is 18.6. The molecule has 0 saturated carbocycles. The first-order chi connectivity index (χ1) is 27.2. The topological polar surface area (TPSA) is 140 Å². The number of rotatable bonds is 15. The fourth-order valence-corrected chi connectivity index (χ4v) is 9.31. The molecular weight excluding hydrogens is 745 g/mol. The number of nitro benzene ring substituents is 1. The summed E-state index contributed by atoms with van der Waals surface area (Å²) in [7, 11) is -2.45. The van der Waals surface area contributed by atoms with Gasteiger partial charge in [-0.2, -0.15) is 0 Å². The van der Waals surface area contributed by atoms with Gasteiger partial charge in [0.25, 0.3) is 15.7 Å². The van der Waals surface area contributed by atoms with Gasteiger partial charge in [0.1, 0.15) is 12.0 Å². The monoisotopic (exact) mass is 788 g/mol. The first-order valence-corrected chi connectivity index (χ1v) is 21.1. The van der Waals surface area contributed by atoms with Crippen molar-refractivity contribution in [3.8, 4) is 11.1 Å². The van der Waals surface area contributed by atoms with Crippen molar-refractivity contribution in [2.45, 2.75) is 54.0 Å². The quantitative estimate of drug-likeness (QED) is 0.0588. The van der Waals surface area contributed by atoms with Crippen molar-refractivity contribution in [1.29, 1.82) is 0 Å². The van der Waals surface area contributed by atoms with Crippen LogP contribution in [0.15, 0.2) is 137 Å². The van der Waals surface area contributed by atoms with E-state index in [-0.39, 0.29) is 33.7 Å². The zero-order valence-electron chi connectivity index (χ0n) is 31.3. The first kappa shape index (κ1) is 38.8. The predicted octanol–water partition coefficient (Wildman–Crippen LogP) is 9.22. The molecule has 56 heavy (non-hydrogen) atoms. The molecule has 0 radical (unpaired) electrons. The third-order valence-corrected chi connectivity index (χ3v) is 13.0. The summed E-state index contributed by atoms with van der Waals surface area (Å²) < 4.78 is 36.1. The number of thioether (sulfide) groups is 1. The van der Waals surface area contributed by atoms with Crippen LogP contribution in [0.3, 0.4) is 0 Å². The second kappa shape index (κ2) is 17.1. The number of sulfonamides is 1. The van der Waals surface area contributed by atoms with Crippen molar-refractivity contribution in [2.24, 2.45) is 0 Å². The zero-order valence-corrected chi connectivity index (χ0v) is 32.9. The van der Waals surface area contributed by atoms with E-state index in [1.807, 2.05) is 61.5 Å². The Morgan fingerprint density at radius 1 is 0.911 bits per heavy atom. The zero-order chi connectivity index (χ0) is 39.1. The van der Waals surface area contributed by atoms with Gasteiger partial charge in [-0.05, 0) is 78.4 Å². The second-order valence-electron chi connectivity index (χ2n) is 13.9. The van der Waals surface area contributed by atoms with Crippen molar-refractivity contribution in [3.05, 3.63) is 143 Å². The summed E-state index contributed by atoms with van der Waals surface area (Å²) in [4.78, 5) is 23.5. The standard InChI is InChI=1S/C43H44N6O5S2/c1-3-33(29-55-35-15-8-5-9-16-35)46-39-21-19-36(27-41(39)49(50)51)56(52,53)47-42-38-20-18-34(26-40(38)44-30-45-42)48-24-22-43(54-2,23-25-48)28-32-14-10-11-17-37(32)31-12-6-4-7-13-31/h4-21,26-27,30,33,46H,3,22-25,28-29H2,1-2H3,(H,44,45,47)/t33-/m0/s1. The lowest BCUT2D eigenvalue weighted by Crippen LogP contribution is -2.47. The van der Waals surface area contributed by atoms with Gasteiger partial charge in [0, 0.05) is 60.5 Å². The lowest BCUT2D eigenvalue weighted by Gasteiger charge is -2.42. The number of ether oxygens (including phenoxy) is 1. The number of nitrogens with one attached hydrogen (secondary N) is 2. The predicted molar refractivity (Wildman–Crippen MR) is 225 cm³/mol. The maximum absolute atomic E-state index is 13.7. The maximum atomic E-state index is 13.7. The van der Waals surface area contributed by atoms with E-state index in [1.165, 1.54) is 35.2 Å². The lowest BCUT2D eigenvalue weighted by atomic mass is 9.82. The molecule has 0 spiro atoms. The number of nitrogens with zero attached hydrogens (tertiary/aromatic N) is 4. The molecule has 5 aromatic carbocycles. The van der Waals surface area contributed by atoms with Gasteiger partial charge in [-0.15, -0.1) is 11.8 Å². The van der Waals surface area contributed by atoms with Gasteiger partial charge >= 0.3 is 0 Å². The number of fused-ring (bicyclic) bond motifs is 1. The highest BCUT2D eigenvalue weighted by atomic mass is 32.2. The second-order valence-corrected chi connectivity index (χ2v) is 16.7. The third-order valence-electron chi connectivity index (χ3n) is 10.5. The van der Waals surface area contributed by atoms with Gasteiger partial charge in [-0.3, -0.25) is 14.8 Å². The van der Waals surface area contributed by atoms with Crippen molar-refractivity contribution >= 4 is 55.6 Å². The Balaban J connectivity index is 1.04. The minimum atomic E-state index is -4.25. The van der Waals surface area contributed by atoms with Crippen molar-refractivity contribution in [1.82, 2.24) is 9.97 Å². The molecule has 2 N–H and O–H groups in total. The van der Waals surface area contributed by atoms with Crippen LogP contribution in [-0.2, 0) is 21.2 Å². The van der Waals surface area contributed by atoms with E-state index in [1.54, 1.807) is 18.9 Å². The van der Waals surface area contributed by atoms with Crippen LogP contribution in [-0.4, -0.2) is 60.9 Å². The molecule has 0 amide bonds. The molecule has 0 unspecified atom stereocenters. The molecule has 1 fully saturated rings. The molecule has 13 heteroatoms. The number of nitro groups is 1. The van der Waals surface area contributed by atoms with Crippen LogP contribution >= 0.6 is 11.8 Å². The smallest absolute Gasteiger partial charge is 0.293 e. The van der Waals surface area contributed by atoms with E-state index in [0.29, 0.717) is 16.7 Å². The summed E-state index contributed by atoms with van der Waals surface area (Å²) in [6.45, 7) is 3.54. The van der Waals surface area contributed by atoms with Gasteiger partial charge in [0.05, 0.1) is 20.9 Å². The molecule has 6 aromatic rings. The Morgan fingerprint density at radius 2 is 1.62 bits per heavy atom. The third kappa shape index (κ3) is 8.80. The van der Waals surface area contributed by atoms with E-state index < -0.39 is 14.9 Å². The normalized spacial score (nSPS) is 14.6. The molecule has 288 valence electrons. The molecule has 1 aliphatic rings. The fraction of sp³-hybridized carbons (Fsp3) is 0.256. The Kier molecular flexibility index (Phi) is 11.8. The summed E-state index contributed by atoms with van der Waals surface area (Å²) in [5, 5.41) is 15.9. The molecule has 0 bridgehead atoms. The van der Waals surface area contributed by atoms with Crippen molar-refractivity contribution in [2.75, 3.05) is 40.9 Å². The molecular formula is C43H44N6O5S2. The summed E-state index contributed by atoms with van der Waals surface area (Å²) in [6.07, 6.45) is 4.48. The largest absolute Gasteiger partial charge is 0.378 e. The van der Waals surface area contributed by atoms with Crippen LogP contribution in [0.25, 0.3) is 22.0 Å². The molecule has 0 aliphatic carbocycles. The average Bonchev–Trinajstić information content (AvgIpc) is 3.23. The van der Waals surface area contributed by atoms with Crippen molar-refractivity contribution < 1.29 is 18.1 Å². The highest BCUT2D eigenvalue weighted by molar-refractivity contribution is 7.99. The van der Waals surface area contributed by atoms with Gasteiger partial charge in [-0.1, -0.05) is 79.7 Å². The van der Waals surface area contributed by atoms with Crippen LogP contribution in [0.5, 0.6) is 0 Å². The van der Waals surface area contributed by atoms with E-state index in [4.69, 9.17) is 4.74 Å². The molecule has 2 heterocycles. The Morgan fingerprint density at radius 3 is 2.34 bits per heavy atom. The summed E-state index contributed by atoms with van der Waals surface area (Å²) in [6, 6.07) is 38.4. The molecule has 1 aromatic heterocycles.